The van der Waals surface area contributed by atoms with Crippen LogP contribution in [0.15, 0.2) is 0 Å². The molecule has 1 N–H and O–H groups in total. The molecular formula is C10H20O2. The zero-order valence-electron chi connectivity index (χ0n) is 8.34. The molecule has 1 rings (SSSR count). The number of hydrogen-bond donors (Lipinski definition) is 1. The molecule has 72 valence electrons. The van der Waals surface area contributed by atoms with Crippen LogP contribution in [0.2, 0.25) is 0 Å². The molecule has 2 nitrogen and oxygen atoms in total. The van der Waals surface area contributed by atoms with Crippen LogP contribution >= 0.6 is 0 Å². The summed E-state index contributed by atoms with van der Waals surface area (Å²) >= 11 is 0. The largest absolute Gasteiger partial charge is 0.393 e. The number of hydrogen-bond acceptors (Lipinski definition) is 2. The number of aliphatic hydroxyl groups excluding tert-OH is 1. The van der Waals surface area contributed by atoms with Crippen molar-refractivity contribution in [2.24, 2.45) is 0 Å². The first-order valence-electron chi connectivity index (χ1n) is 4.83. The standard InChI is InChI=1S/C10H20O2/c1-10(2,3)12-9-6-4-5-8(11)7-9/h8-9,11H,4-7H2,1-3H3. The monoisotopic (exact) mass is 172 g/mol. The van der Waals surface area contributed by atoms with Gasteiger partial charge in [0.2, 0.25) is 0 Å². The van der Waals surface area contributed by atoms with E-state index < -0.39 is 0 Å². The molecule has 2 atom stereocenters. The maximum Gasteiger partial charge on any atom is 0.0606 e. The van der Waals surface area contributed by atoms with Gasteiger partial charge in [-0.15, -0.1) is 0 Å². The zero-order valence-corrected chi connectivity index (χ0v) is 8.34. The molecule has 0 aliphatic heterocycles. The summed E-state index contributed by atoms with van der Waals surface area (Å²) in [7, 11) is 0. The van der Waals surface area contributed by atoms with E-state index in [2.05, 4.69) is 20.8 Å². The quantitative estimate of drug-likeness (QED) is 0.656. The lowest BCUT2D eigenvalue weighted by atomic mass is 9.94. The molecule has 0 bridgehead atoms. The molecule has 0 heterocycles. The second-order valence-corrected chi connectivity index (χ2v) is 4.67. The van der Waals surface area contributed by atoms with Gasteiger partial charge in [-0.2, -0.15) is 0 Å². The van der Waals surface area contributed by atoms with Crippen molar-refractivity contribution in [2.75, 3.05) is 0 Å². The fraction of sp³-hybridized carbons (Fsp3) is 1.00. The SMILES string of the molecule is CC(C)(C)OC1CCCC(O)C1. The lowest BCUT2D eigenvalue weighted by Crippen LogP contribution is -2.33. The van der Waals surface area contributed by atoms with Gasteiger partial charge in [0.15, 0.2) is 0 Å². The van der Waals surface area contributed by atoms with E-state index in [1.807, 2.05) is 0 Å². The Morgan fingerprint density at radius 1 is 1.25 bits per heavy atom. The van der Waals surface area contributed by atoms with Crippen LogP contribution in [0.25, 0.3) is 0 Å². The Bertz CT molecular complexity index is 137. The highest BCUT2D eigenvalue weighted by Gasteiger charge is 2.24. The van der Waals surface area contributed by atoms with Gasteiger partial charge in [-0.05, 0) is 46.5 Å². The van der Waals surface area contributed by atoms with Crippen LogP contribution in [0.3, 0.4) is 0 Å². The Morgan fingerprint density at radius 3 is 2.42 bits per heavy atom. The minimum Gasteiger partial charge on any atom is -0.393 e. The molecule has 1 aliphatic carbocycles. The third-order valence-electron chi connectivity index (χ3n) is 2.12. The van der Waals surface area contributed by atoms with E-state index >= 15 is 0 Å². The molecule has 0 radical (unpaired) electrons. The molecule has 2 heteroatoms. The number of ether oxygens (including phenoxy) is 1. The highest BCUT2D eigenvalue weighted by atomic mass is 16.5. The van der Waals surface area contributed by atoms with Crippen LogP contribution in [0, 0.1) is 0 Å². The number of aliphatic hydroxyl groups is 1. The van der Waals surface area contributed by atoms with Gasteiger partial charge in [-0.25, -0.2) is 0 Å². The van der Waals surface area contributed by atoms with Crippen molar-refractivity contribution in [2.45, 2.75) is 64.3 Å². The number of rotatable bonds is 1. The second-order valence-electron chi connectivity index (χ2n) is 4.67. The summed E-state index contributed by atoms with van der Waals surface area (Å²) in [5, 5.41) is 9.40. The lowest BCUT2D eigenvalue weighted by Gasteiger charge is -2.32. The van der Waals surface area contributed by atoms with E-state index in [0.717, 1.165) is 25.7 Å². The molecule has 0 aromatic rings. The second kappa shape index (κ2) is 3.75. The first-order chi connectivity index (χ1) is 5.47. The minimum absolute atomic E-state index is 0.0677. The van der Waals surface area contributed by atoms with Crippen molar-refractivity contribution in [3.8, 4) is 0 Å². The molecule has 0 aromatic carbocycles. The Hall–Kier alpha value is -0.0800. The van der Waals surface area contributed by atoms with E-state index in [9.17, 15) is 5.11 Å². The highest BCUT2D eigenvalue weighted by molar-refractivity contribution is 4.75. The van der Waals surface area contributed by atoms with Crippen molar-refractivity contribution >= 4 is 0 Å². The average molecular weight is 172 g/mol. The summed E-state index contributed by atoms with van der Waals surface area (Å²) < 4.78 is 5.79. The third kappa shape index (κ3) is 3.55. The van der Waals surface area contributed by atoms with Gasteiger partial charge in [0, 0.05) is 0 Å². The minimum atomic E-state index is -0.133. The molecule has 2 unspecified atom stereocenters. The van der Waals surface area contributed by atoms with Crippen molar-refractivity contribution < 1.29 is 9.84 Å². The van der Waals surface area contributed by atoms with Crippen molar-refractivity contribution in [3.63, 3.8) is 0 Å². The summed E-state index contributed by atoms with van der Waals surface area (Å²) in [6.07, 6.45) is 4.11. The summed E-state index contributed by atoms with van der Waals surface area (Å²) in [5.74, 6) is 0. The topological polar surface area (TPSA) is 29.5 Å². The van der Waals surface area contributed by atoms with E-state index in [1.54, 1.807) is 0 Å². The highest BCUT2D eigenvalue weighted by Crippen LogP contribution is 2.24. The van der Waals surface area contributed by atoms with Gasteiger partial charge in [0.05, 0.1) is 17.8 Å². The van der Waals surface area contributed by atoms with Gasteiger partial charge in [-0.3, -0.25) is 0 Å². The maximum atomic E-state index is 9.40. The van der Waals surface area contributed by atoms with Crippen LogP contribution in [-0.2, 0) is 4.74 Å². The van der Waals surface area contributed by atoms with Gasteiger partial charge >= 0.3 is 0 Å². The molecule has 0 saturated heterocycles. The Balaban J connectivity index is 2.32. The molecule has 0 spiro atoms. The molecule has 1 fully saturated rings. The van der Waals surface area contributed by atoms with E-state index in [1.165, 1.54) is 0 Å². The van der Waals surface area contributed by atoms with Crippen LogP contribution in [0.1, 0.15) is 46.5 Å². The van der Waals surface area contributed by atoms with Crippen LogP contribution in [-0.4, -0.2) is 22.9 Å². The first-order valence-corrected chi connectivity index (χ1v) is 4.83. The fourth-order valence-corrected chi connectivity index (χ4v) is 1.73. The normalized spacial score (nSPS) is 32.0. The van der Waals surface area contributed by atoms with Crippen molar-refractivity contribution in [3.05, 3.63) is 0 Å². The van der Waals surface area contributed by atoms with Gasteiger partial charge in [0.1, 0.15) is 0 Å². The molecular weight excluding hydrogens is 152 g/mol. The Morgan fingerprint density at radius 2 is 1.92 bits per heavy atom. The Labute approximate surface area is 74.9 Å². The van der Waals surface area contributed by atoms with Crippen molar-refractivity contribution in [1.29, 1.82) is 0 Å². The van der Waals surface area contributed by atoms with Crippen LogP contribution in [0.5, 0.6) is 0 Å². The van der Waals surface area contributed by atoms with E-state index in [-0.39, 0.29) is 17.8 Å². The Kier molecular flexibility index (Phi) is 3.13. The maximum absolute atomic E-state index is 9.40. The first kappa shape index (κ1) is 10.0. The van der Waals surface area contributed by atoms with Crippen molar-refractivity contribution in [1.82, 2.24) is 0 Å². The lowest BCUT2D eigenvalue weighted by molar-refractivity contribution is -0.0918. The third-order valence-corrected chi connectivity index (χ3v) is 2.12. The van der Waals surface area contributed by atoms with Crippen LogP contribution < -0.4 is 0 Å². The molecule has 0 aromatic heterocycles. The smallest absolute Gasteiger partial charge is 0.0606 e. The van der Waals surface area contributed by atoms with E-state index in [0.29, 0.717) is 0 Å². The molecule has 0 amide bonds. The average Bonchev–Trinajstić information content (AvgIpc) is 1.82. The van der Waals surface area contributed by atoms with Gasteiger partial charge in [0.25, 0.3) is 0 Å². The summed E-state index contributed by atoms with van der Waals surface area (Å²) in [4.78, 5) is 0. The molecule has 1 aliphatic rings. The molecule has 12 heavy (non-hydrogen) atoms. The van der Waals surface area contributed by atoms with Gasteiger partial charge < -0.3 is 9.84 Å². The van der Waals surface area contributed by atoms with Gasteiger partial charge in [-0.1, -0.05) is 0 Å². The molecule has 1 saturated carbocycles. The fourth-order valence-electron chi connectivity index (χ4n) is 1.73. The zero-order chi connectivity index (χ0) is 9.19. The predicted molar refractivity (Wildman–Crippen MR) is 49.1 cm³/mol. The summed E-state index contributed by atoms with van der Waals surface area (Å²) in [5.41, 5.74) is -0.0677. The van der Waals surface area contributed by atoms with E-state index in [4.69, 9.17) is 4.74 Å². The summed E-state index contributed by atoms with van der Waals surface area (Å²) in [6, 6.07) is 0. The predicted octanol–water partition coefficient (Wildman–Crippen LogP) is 2.11. The van der Waals surface area contributed by atoms with Crippen LogP contribution in [0.4, 0.5) is 0 Å². The summed E-state index contributed by atoms with van der Waals surface area (Å²) in [6.45, 7) is 6.19.